The fourth-order valence-electron chi connectivity index (χ4n) is 2.60. The van der Waals surface area contributed by atoms with Gasteiger partial charge in [0, 0.05) is 19.6 Å². The van der Waals surface area contributed by atoms with Gasteiger partial charge < -0.3 is 9.84 Å². The van der Waals surface area contributed by atoms with Gasteiger partial charge in [0.2, 0.25) is 0 Å². The zero-order valence-electron chi connectivity index (χ0n) is 11.5. The van der Waals surface area contributed by atoms with Gasteiger partial charge in [0.05, 0.1) is 18.6 Å². The zero-order chi connectivity index (χ0) is 13.9. The molecule has 4 nitrogen and oxygen atoms in total. The predicted molar refractivity (Wildman–Crippen MR) is 72.9 cm³/mol. The van der Waals surface area contributed by atoms with E-state index in [1.807, 2.05) is 37.3 Å². The molecule has 1 aliphatic heterocycles. The van der Waals surface area contributed by atoms with Gasteiger partial charge in [-0.2, -0.15) is 0 Å². The number of likely N-dealkylation sites (tertiary alicyclic amines) is 1. The molecule has 1 aliphatic rings. The molecule has 19 heavy (non-hydrogen) atoms. The number of esters is 1. The van der Waals surface area contributed by atoms with Gasteiger partial charge in [0.1, 0.15) is 0 Å². The first-order chi connectivity index (χ1) is 9.02. The molecule has 0 aromatic heterocycles. The molecular weight excluding hydrogens is 242 g/mol. The Bertz CT molecular complexity index is 430. The number of ether oxygens (including phenoxy) is 1. The number of aliphatic hydroxyl groups is 1. The lowest BCUT2D eigenvalue weighted by molar-refractivity contribution is -0.143. The van der Waals surface area contributed by atoms with Crippen molar-refractivity contribution in [2.75, 3.05) is 26.7 Å². The summed E-state index contributed by atoms with van der Waals surface area (Å²) < 4.78 is 4.90. The van der Waals surface area contributed by atoms with E-state index in [0.29, 0.717) is 13.1 Å². The second-order valence-corrected chi connectivity index (χ2v) is 5.47. The Morgan fingerprint density at radius 2 is 2.16 bits per heavy atom. The highest BCUT2D eigenvalue weighted by Crippen LogP contribution is 2.25. The number of rotatable bonds is 4. The van der Waals surface area contributed by atoms with Crippen molar-refractivity contribution in [3.8, 4) is 0 Å². The summed E-state index contributed by atoms with van der Waals surface area (Å²) in [5.74, 6) is -0.516. The van der Waals surface area contributed by atoms with Crippen molar-refractivity contribution < 1.29 is 14.6 Å². The highest BCUT2D eigenvalue weighted by atomic mass is 16.5. The van der Waals surface area contributed by atoms with Gasteiger partial charge in [-0.15, -0.1) is 0 Å². The van der Waals surface area contributed by atoms with Crippen molar-refractivity contribution in [2.45, 2.75) is 24.9 Å². The maximum absolute atomic E-state index is 12.0. The summed E-state index contributed by atoms with van der Waals surface area (Å²) in [7, 11) is 1.42. The topological polar surface area (TPSA) is 49.8 Å². The van der Waals surface area contributed by atoms with E-state index in [9.17, 15) is 9.90 Å². The zero-order valence-corrected chi connectivity index (χ0v) is 11.5. The fourth-order valence-corrected chi connectivity index (χ4v) is 2.60. The molecule has 1 N–H and O–H groups in total. The molecule has 104 valence electrons. The first-order valence-electron chi connectivity index (χ1n) is 6.59. The summed E-state index contributed by atoms with van der Waals surface area (Å²) in [6, 6.07) is 9.65. The van der Waals surface area contributed by atoms with Gasteiger partial charge in [-0.05, 0) is 18.9 Å². The molecule has 2 rings (SSSR count). The predicted octanol–water partition coefficient (Wildman–Crippen LogP) is 1.40. The summed E-state index contributed by atoms with van der Waals surface area (Å²) in [4.78, 5) is 14.1. The molecule has 4 heteroatoms. The molecule has 0 spiro atoms. The third kappa shape index (κ3) is 3.55. The van der Waals surface area contributed by atoms with Crippen LogP contribution in [0.3, 0.4) is 0 Å². The van der Waals surface area contributed by atoms with Crippen LogP contribution in [0.25, 0.3) is 0 Å². The van der Waals surface area contributed by atoms with E-state index < -0.39 is 5.60 Å². The minimum absolute atomic E-state index is 0.224. The Morgan fingerprint density at radius 3 is 2.68 bits per heavy atom. The monoisotopic (exact) mass is 263 g/mol. The number of benzene rings is 1. The summed E-state index contributed by atoms with van der Waals surface area (Å²) in [5, 5.41) is 9.99. The molecule has 0 bridgehead atoms. The highest BCUT2D eigenvalue weighted by molar-refractivity contribution is 5.78. The van der Waals surface area contributed by atoms with Crippen LogP contribution in [-0.2, 0) is 9.53 Å². The molecule has 0 aliphatic carbocycles. The van der Waals surface area contributed by atoms with Crippen LogP contribution >= 0.6 is 0 Å². The Morgan fingerprint density at radius 1 is 1.47 bits per heavy atom. The molecule has 1 aromatic rings. The van der Waals surface area contributed by atoms with Gasteiger partial charge in [-0.25, -0.2) is 0 Å². The summed E-state index contributed by atoms with van der Waals surface area (Å²) in [6.45, 7) is 3.84. The SMILES string of the molecule is COC(=O)C(CN1CCC(C)(O)C1)c1ccccc1. The van der Waals surface area contributed by atoms with Gasteiger partial charge in [0.25, 0.3) is 0 Å². The minimum atomic E-state index is -0.642. The smallest absolute Gasteiger partial charge is 0.314 e. The standard InChI is InChI=1S/C15H21NO3/c1-15(18)8-9-16(11-15)10-13(14(17)19-2)12-6-4-3-5-7-12/h3-7,13,18H,8-11H2,1-2H3. The van der Waals surface area contributed by atoms with E-state index in [-0.39, 0.29) is 11.9 Å². The van der Waals surface area contributed by atoms with Gasteiger partial charge in [-0.3, -0.25) is 9.69 Å². The van der Waals surface area contributed by atoms with Crippen LogP contribution in [0.2, 0.25) is 0 Å². The molecule has 0 saturated carbocycles. The fraction of sp³-hybridized carbons (Fsp3) is 0.533. The van der Waals surface area contributed by atoms with Gasteiger partial charge in [-0.1, -0.05) is 30.3 Å². The van der Waals surface area contributed by atoms with Crippen LogP contribution in [0.5, 0.6) is 0 Å². The lowest BCUT2D eigenvalue weighted by atomic mass is 9.98. The molecule has 0 amide bonds. The molecule has 2 unspecified atom stereocenters. The summed E-state index contributed by atoms with van der Waals surface area (Å²) >= 11 is 0. The first kappa shape index (κ1) is 14.0. The van der Waals surface area contributed by atoms with Crippen molar-refractivity contribution in [3.63, 3.8) is 0 Å². The average Bonchev–Trinajstić information content (AvgIpc) is 2.75. The van der Waals surface area contributed by atoms with E-state index >= 15 is 0 Å². The molecular formula is C15H21NO3. The lowest BCUT2D eigenvalue weighted by Gasteiger charge is -2.23. The second kappa shape index (κ2) is 5.72. The third-order valence-corrected chi connectivity index (χ3v) is 3.66. The molecule has 1 aromatic carbocycles. The Kier molecular flexibility index (Phi) is 4.22. The number of hydrogen-bond acceptors (Lipinski definition) is 4. The average molecular weight is 263 g/mol. The van der Waals surface area contributed by atoms with E-state index in [1.54, 1.807) is 0 Å². The van der Waals surface area contributed by atoms with Gasteiger partial charge >= 0.3 is 5.97 Å². The number of carbonyl (C=O) groups is 1. The van der Waals surface area contributed by atoms with Crippen LogP contribution in [-0.4, -0.2) is 48.3 Å². The van der Waals surface area contributed by atoms with Crippen molar-refractivity contribution in [3.05, 3.63) is 35.9 Å². The Labute approximate surface area is 114 Å². The van der Waals surface area contributed by atoms with Crippen LogP contribution < -0.4 is 0 Å². The van der Waals surface area contributed by atoms with Gasteiger partial charge in [0.15, 0.2) is 0 Å². The van der Waals surface area contributed by atoms with Crippen LogP contribution in [0.15, 0.2) is 30.3 Å². The molecule has 0 radical (unpaired) electrons. The number of β-amino-alcohol motifs (C(OH)–C–C–N with tert-alkyl or cyclic N) is 1. The Balaban J connectivity index is 2.10. The van der Waals surface area contributed by atoms with Crippen molar-refractivity contribution in [2.24, 2.45) is 0 Å². The van der Waals surface area contributed by atoms with Crippen LogP contribution in [0.1, 0.15) is 24.8 Å². The van der Waals surface area contributed by atoms with E-state index in [2.05, 4.69) is 4.90 Å². The van der Waals surface area contributed by atoms with Crippen molar-refractivity contribution in [1.29, 1.82) is 0 Å². The molecule has 1 saturated heterocycles. The molecule has 1 heterocycles. The normalized spacial score (nSPS) is 25.2. The third-order valence-electron chi connectivity index (χ3n) is 3.66. The first-order valence-corrected chi connectivity index (χ1v) is 6.59. The van der Waals surface area contributed by atoms with E-state index in [0.717, 1.165) is 18.5 Å². The summed E-state index contributed by atoms with van der Waals surface area (Å²) in [5.41, 5.74) is 0.318. The van der Waals surface area contributed by atoms with E-state index in [1.165, 1.54) is 7.11 Å². The quantitative estimate of drug-likeness (QED) is 0.834. The molecule has 1 fully saturated rings. The minimum Gasteiger partial charge on any atom is -0.469 e. The van der Waals surface area contributed by atoms with Crippen molar-refractivity contribution in [1.82, 2.24) is 4.90 Å². The second-order valence-electron chi connectivity index (χ2n) is 5.47. The number of nitrogens with zero attached hydrogens (tertiary/aromatic N) is 1. The van der Waals surface area contributed by atoms with Crippen LogP contribution in [0.4, 0.5) is 0 Å². The van der Waals surface area contributed by atoms with Crippen LogP contribution in [0, 0.1) is 0 Å². The maximum Gasteiger partial charge on any atom is 0.314 e. The number of methoxy groups -OCH3 is 1. The maximum atomic E-state index is 12.0. The molecule has 2 atom stereocenters. The Hall–Kier alpha value is -1.39. The van der Waals surface area contributed by atoms with Crippen molar-refractivity contribution >= 4 is 5.97 Å². The number of carbonyl (C=O) groups excluding carboxylic acids is 1. The highest BCUT2D eigenvalue weighted by Gasteiger charge is 2.34. The largest absolute Gasteiger partial charge is 0.469 e. The van der Waals surface area contributed by atoms with E-state index in [4.69, 9.17) is 4.74 Å². The number of hydrogen-bond donors (Lipinski definition) is 1. The summed E-state index contributed by atoms with van der Waals surface area (Å²) in [6.07, 6.45) is 0.746. The lowest BCUT2D eigenvalue weighted by Crippen LogP contribution is -2.34.